The van der Waals surface area contributed by atoms with Crippen LogP contribution in [-0.2, 0) is 25.0 Å². The van der Waals surface area contributed by atoms with E-state index in [0.717, 1.165) is 24.0 Å². The number of nitrogens with zero attached hydrogens (tertiary/aromatic N) is 1. The first-order chi connectivity index (χ1) is 17.4. The molecule has 5 rings (SSSR count). The molecule has 0 aromatic heterocycles. The van der Waals surface area contributed by atoms with Crippen LogP contribution in [0.1, 0.15) is 24.0 Å². The van der Waals surface area contributed by atoms with Gasteiger partial charge in [-0.05, 0) is 55.2 Å². The number of amides is 1. The van der Waals surface area contributed by atoms with E-state index < -0.39 is 16.1 Å². The maximum atomic E-state index is 13.6. The molecule has 0 aliphatic carbocycles. The maximum Gasteiger partial charge on any atom is 0.264 e. The largest absolute Gasteiger partial charge is 0.476 e. The summed E-state index contributed by atoms with van der Waals surface area (Å²) in [5.74, 6) is 0.0339. The van der Waals surface area contributed by atoms with E-state index in [1.54, 1.807) is 42.5 Å². The van der Waals surface area contributed by atoms with Crippen LogP contribution in [-0.4, -0.2) is 46.7 Å². The highest BCUT2D eigenvalue weighted by Gasteiger charge is 2.39. The Bertz CT molecular complexity index is 1320. The van der Waals surface area contributed by atoms with Gasteiger partial charge in [0.25, 0.3) is 15.9 Å². The molecule has 0 bridgehead atoms. The minimum Gasteiger partial charge on any atom is -0.476 e. The average Bonchev–Trinajstić information content (AvgIpc) is 2.92. The molecular weight excluding hydrogens is 476 g/mol. The van der Waals surface area contributed by atoms with E-state index in [0.29, 0.717) is 31.2 Å². The van der Waals surface area contributed by atoms with Crippen molar-refractivity contribution in [3.8, 4) is 5.75 Å². The van der Waals surface area contributed by atoms with E-state index in [4.69, 9.17) is 9.47 Å². The van der Waals surface area contributed by atoms with Crippen molar-refractivity contribution >= 4 is 21.6 Å². The van der Waals surface area contributed by atoms with Crippen molar-refractivity contribution in [3.05, 3.63) is 90.0 Å². The zero-order valence-corrected chi connectivity index (χ0v) is 21.0. The molecule has 1 fully saturated rings. The Kier molecular flexibility index (Phi) is 6.73. The van der Waals surface area contributed by atoms with Gasteiger partial charge in [0.15, 0.2) is 6.10 Å². The van der Waals surface area contributed by atoms with E-state index in [2.05, 4.69) is 17.4 Å². The predicted octanol–water partition coefficient (Wildman–Crippen LogP) is 3.82. The molecule has 2 aliphatic rings. The van der Waals surface area contributed by atoms with Gasteiger partial charge in [0.05, 0.1) is 17.1 Å². The van der Waals surface area contributed by atoms with Crippen molar-refractivity contribution in [1.82, 2.24) is 5.32 Å². The third-order valence-corrected chi connectivity index (χ3v) is 8.84. The van der Waals surface area contributed by atoms with Crippen LogP contribution in [0.15, 0.2) is 83.8 Å². The summed E-state index contributed by atoms with van der Waals surface area (Å²) in [7, 11) is -3.89. The van der Waals surface area contributed by atoms with Gasteiger partial charge in [0.1, 0.15) is 5.75 Å². The topological polar surface area (TPSA) is 84.9 Å². The Labute approximate surface area is 212 Å². The number of carbonyl (C=O) groups excluding carboxylic acids is 1. The number of ether oxygens (including phenoxy) is 2. The highest BCUT2D eigenvalue weighted by Crippen LogP contribution is 2.38. The smallest absolute Gasteiger partial charge is 0.264 e. The molecule has 2 heterocycles. The van der Waals surface area contributed by atoms with E-state index in [1.807, 2.05) is 31.2 Å². The Morgan fingerprint density at radius 3 is 2.36 bits per heavy atom. The lowest BCUT2D eigenvalue weighted by atomic mass is 9.74. The summed E-state index contributed by atoms with van der Waals surface area (Å²) in [5, 5.41) is 3.07. The van der Waals surface area contributed by atoms with Crippen molar-refractivity contribution in [3.63, 3.8) is 0 Å². The second kappa shape index (κ2) is 9.95. The first-order valence-electron chi connectivity index (χ1n) is 12.2. The molecule has 0 saturated carbocycles. The Balaban J connectivity index is 1.41. The fourth-order valence-corrected chi connectivity index (χ4v) is 6.43. The van der Waals surface area contributed by atoms with Gasteiger partial charge in [-0.3, -0.25) is 9.10 Å². The minimum atomic E-state index is -3.89. The van der Waals surface area contributed by atoms with Crippen LogP contribution >= 0.6 is 0 Å². The fraction of sp³-hybridized carbons (Fsp3) is 0.321. The molecule has 1 amide bonds. The van der Waals surface area contributed by atoms with Gasteiger partial charge in [0.2, 0.25) is 0 Å². The van der Waals surface area contributed by atoms with E-state index >= 15 is 0 Å². The van der Waals surface area contributed by atoms with Crippen LogP contribution in [0, 0.1) is 6.92 Å². The van der Waals surface area contributed by atoms with Gasteiger partial charge in [-0.25, -0.2) is 8.42 Å². The summed E-state index contributed by atoms with van der Waals surface area (Å²) in [4.78, 5) is 13.6. The molecule has 3 aromatic rings. The van der Waals surface area contributed by atoms with Gasteiger partial charge in [-0.2, -0.15) is 0 Å². The van der Waals surface area contributed by atoms with Gasteiger partial charge < -0.3 is 14.8 Å². The van der Waals surface area contributed by atoms with Crippen molar-refractivity contribution < 1.29 is 22.7 Å². The van der Waals surface area contributed by atoms with Crippen molar-refractivity contribution in [2.75, 3.05) is 30.6 Å². The lowest BCUT2D eigenvalue weighted by Gasteiger charge is -2.39. The van der Waals surface area contributed by atoms with Gasteiger partial charge in [0, 0.05) is 25.2 Å². The summed E-state index contributed by atoms with van der Waals surface area (Å²) < 4.78 is 40.1. The number of carbonyl (C=O) groups is 1. The predicted molar refractivity (Wildman–Crippen MR) is 138 cm³/mol. The Morgan fingerprint density at radius 1 is 1.00 bits per heavy atom. The monoisotopic (exact) mass is 506 g/mol. The van der Waals surface area contributed by atoms with Crippen LogP contribution in [0.25, 0.3) is 0 Å². The summed E-state index contributed by atoms with van der Waals surface area (Å²) in [6, 6.07) is 23.8. The number of nitrogens with one attached hydrogen (secondary N) is 1. The van der Waals surface area contributed by atoms with Crippen molar-refractivity contribution in [2.45, 2.75) is 36.2 Å². The number of rotatable bonds is 6. The zero-order valence-electron chi connectivity index (χ0n) is 20.2. The molecule has 1 N–H and O–H groups in total. The number of aryl methyl sites for hydroxylation is 1. The highest BCUT2D eigenvalue weighted by atomic mass is 32.2. The third kappa shape index (κ3) is 4.70. The number of hydrogen-bond acceptors (Lipinski definition) is 5. The second-order valence-electron chi connectivity index (χ2n) is 9.40. The molecule has 2 aliphatic heterocycles. The number of fused-ring (bicyclic) bond motifs is 1. The fourth-order valence-electron chi connectivity index (χ4n) is 4.94. The molecule has 7 nitrogen and oxygen atoms in total. The first kappa shape index (κ1) is 24.3. The molecule has 36 heavy (non-hydrogen) atoms. The quantitative estimate of drug-likeness (QED) is 0.550. The number of sulfonamides is 1. The molecule has 8 heteroatoms. The average molecular weight is 507 g/mol. The molecule has 1 atom stereocenters. The molecule has 188 valence electrons. The Morgan fingerprint density at radius 2 is 1.67 bits per heavy atom. The molecule has 0 spiro atoms. The normalized spacial score (nSPS) is 19.1. The zero-order chi connectivity index (χ0) is 25.2. The number of anilines is 1. The molecule has 0 unspecified atom stereocenters. The van der Waals surface area contributed by atoms with Crippen molar-refractivity contribution in [1.29, 1.82) is 0 Å². The number of benzene rings is 3. The van der Waals surface area contributed by atoms with Gasteiger partial charge in [-0.1, -0.05) is 54.6 Å². The standard InChI is InChI=1S/C28H30N2O5S/c1-21-12-13-25-24(18-21)30(36(32,33)23-10-6-3-7-11-23)19-26(35-25)27(31)29-20-28(14-16-34-17-15-28)22-8-4-2-5-9-22/h2-13,18,26H,14-17,19-20H2,1H3,(H,29,31)/t26-/m0/s1. The Hall–Kier alpha value is -3.36. The van der Waals surface area contributed by atoms with Gasteiger partial charge in [-0.15, -0.1) is 0 Å². The van der Waals surface area contributed by atoms with E-state index in [9.17, 15) is 13.2 Å². The summed E-state index contributed by atoms with van der Waals surface area (Å²) in [5.41, 5.74) is 2.26. The SMILES string of the molecule is Cc1ccc2c(c1)N(S(=O)(=O)c1ccccc1)C[C@@H](C(=O)NCC1(c3ccccc3)CCOCC1)O2. The lowest BCUT2D eigenvalue weighted by Crippen LogP contribution is -2.53. The van der Waals surface area contributed by atoms with E-state index in [-0.39, 0.29) is 22.8 Å². The summed E-state index contributed by atoms with van der Waals surface area (Å²) in [6.45, 7) is 3.45. The molecule has 3 aromatic carbocycles. The lowest BCUT2D eigenvalue weighted by molar-refractivity contribution is -0.128. The van der Waals surface area contributed by atoms with Gasteiger partial charge >= 0.3 is 0 Å². The van der Waals surface area contributed by atoms with E-state index in [1.165, 1.54) is 4.31 Å². The van der Waals surface area contributed by atoms with Crippen LogP contribution in [0.2, 0.25) is 0 Å². The van der Waals surface area contributed by atoms with Crippen LogP contribution in [0.3, 0.4) is 0 Å². The molecule has 0 radical (unpaired) electrons. The highest BCUT2D eigenvalue weighted by molar-refractivity contribution is 7.92. The third-order valence-electron chi connectivity index (χ3n) is 7.04. The second-order valence-corrected chi connectivity index (χ2v) is 11.3. The molecule has 1 saturated heterocycles. The minimum absolute atomic E-state index is 0.110. The van der Waals surface area contributed by atoms with Crippen LogP contribution < -0.4 is 14.4 Å². The van der Waals surface area contributed by atoms with Crippen LogP contribution in [0.4, 0.5) is 5.69 Å². The molecular formula is C28H30N2O5S. The van der Waals surface area contributed by atoms with Crippen molar-refractivity contribution in [2.24, 2.45) is 0 Å². The summed E-state index contributed by atoms with van der Waals surface area (Å²) >= 11 is 0. The maximum absolute atomic E-state index is 13.6. The first-order valence-corrected chi connectivity index (χ1v) is 13.6. The number of hydrogen-bond donors (Lipinski definition) is 1. The summed E-state index contributed by atoms with van der Waals surface area (Å²) in [6.07, 6.45) is 0.602. The van der Waals surface area contributed by atoms with Crippen LogP contribution in [0.5, 0.6) is 5.75 Å².